The number of pyridine rings is 1. The van der Waals surface area contributed by atoms with Gasteiger partial charge in [0.05, 0.1) is 0 Å². The van der Waals surface area contributed by atoms with Crippen molar-refractivity contribution in [2.75, 3.05) is 0 Å². The summed E-state index contributed by atoms with van der Waals surface area (Å²) in [5, 5.41) is 0.0885. The van der Waals surface area contributed by atoms with Crippen LogP contribution in [0.1, 0.15) is 5.56 Å². The molecule has 1 unspecified atom stereocenters. The van der Waals surface area contributed by atoms with Crippen molar-refractivity contribution in [1.29, 1.82) is 0 Å². The summed E-state index contributed by atoms with van der Waals surface area (Å²) in [6, 6.07) is 3.18. The first kappa shape index (κ1) is 10.9. The Bertz CT molecular complexity index is 249. The molecule has 54 valence electrons. The molecule has 1 heterocycles. The molecule has 0 N–H and O–H groups in total. The van der Waals surface area contributed by atoms with Crippen molar-refractivity contribution in [2.24, 2.45) is 0 Å². The summed E-state index contributed by atoms with van der Waals surface area (Å²) < 4.78 is 20.5. The quantitative estimate of drug-likeness (QED) is 0.343. The molecule has 0 aliphatic heterocycles. The predicted octanol–water partition coefficient (Wildman–Crippen LogP) is -2.37. The van der Waals surface area contributed by atoms with E-state index in [-0.39, 0.29) is 23.9 Å². The van der Waals surface area contributed by atoms with Gasteiger partial charge in [0.2, 0.25) is 0 Å². The van der Waals surface area contributed by atoms with Crippen LogP contribution in [0, 0.1) is 6.92 Å². The van der Waals surface area contributed by atoms with Crippen LogP contribution >= 0.6 is 0 Å². The van der Waals surface area contributed by atoms with Gasteiger partial charge in [0.25, 0.3) is 0 Å². The third-order valence-electron chi connectivity index (χ3n) is 1.05. The topological polar surface area (TPSA) is 53.0 Å². The van der Waals surface area contributed by atoms with Crippen LogP contribution < -0.4 is 18.9 Å². The Morgan fingerprint density at radius 3 is 2.55 bits per heavy atom. The minimum Gasteiger partial charge on any atom is -0.767 e. The van der Waals surface area contributed by atoms with Gasteiger partial charge in [-0.1, -0.05) is 6.07 Å². The Hall–Kier alpha value is -0.143. The van der Waals surface area contributed by atoms with Gasteiger partial charge in [-0.2, -0.15) is 0 Å². The number of hydrogen-bond acceptors (Lipinski definition) is 3. The molecule has 0 radical (unpaired) electrons. The standard InChI is InChI=1S/C6H7NO2S.Li/c1-5-2-3-6(7-4-5)10(8)9;/h2-4H,1H3,(H,8,9);/q;+1/p-1. The molecule has 0 bridgehead atoms. The molecule has 0 saturated carbocycles. The van der Waals surface area contributed by atoms with Crippen LogP contribution in [-0.2, 0) is 11.1 Å². The fourth-order valence-electron chi connectivity index (χ4n) is 0.553. The second-order valence-electron chi connectivity index (χ2n) is 1.91. The average Bonchev–Trinajstić information content (AvgIpc) is 1.88. The fourth-order valence-corrected chi connectivity index (χ4v) is 0.871. The van der Waals surface area contributed by atoms with E-state index in [1.807, 2.05) is 6.92 Å². The number of aryl methyl sites for hydroxylation is 1. The molecule has 1 atom stereocenters. The molecule has 0 amide bonds. The molecular weight excluding hydrogens is 157 g/mol. The summed E-state index contributed by atoms with van der Waals surface area (Å²) >= 11 is -2.20. The second-order valence-corrected chi connectivity index (χ2v) is 2.80. The zero-order valence-corrected chi connectivity index (χ0v) is 7.22. The Morgan fingerprint density at radius 1 is 1.55 bits per heavy atom. The van der Waals surface area contributed by atoms with Crippen molar-refractivity contribution in [3.05, 3.63) is 23.9 Å². The minimum atomic E-state index is -2.20. The molecule has 11 heavy (non-hydrogen) atoms. The first-order valence-corrected chi connectivity index (χ1v) is 3.79. The van der Waals surface area contributed by atoms with Crippen molar-refractivity contribution in [1.82, 2.24) is 4.98 Å². The monoisotopic (exact) mass is 163 g/mol. The van der Waals surface area contributed by atoms with E-state index in [1.165, 1.54) is 12.3 Å². The van der Waals surface area contributed by atoms with E-state index in [0.717, 1.165) is 5.56 Å². The third-order valence-corrected chi connectivity index (χ3v) is 1.64. The van der Waals surface area contributed by atoms with Crippen LogP contribution in [0.5, 0.6) is 0 Å². The number of nitrogens with zero attached hydrogens (tertiary/aromatic N) is 1. The first-order chi connectivity index (χ1) is 4.70. The van der Waals surface area contributed by atoms with Gasteiger partial charge in [-0.25, -0.2) is 4.98 Å². The molecule has 0 aromatic carbocycles. The first-order valence-electron chi connectivity index (χ1n) is 2.72. The smallest absolute Gasteiger partial charge is 0.767 e. The van der Waals surface area contributed by atoms with E-state index in [1.54, 1.807) is 6.07 Å². The second kappa shape index (κ2) is 4.68. The number of hydrogen-bond donors (Lipinski definition) is 0. The minimum absolute atomic E-state index is 0. The van der Waals surface area contributed by atoms with Gasteiger partial charge in [-0.05, 0) is 29.6 Å². The van der Waals surface area contributed by atoms with Gasteiger partial charge >= 0.3 is 18.9 Å². The summed E-state index contributed by atoms with van der Waals surface area (Å²) in [6.07, 6.45) is 1.52. The summed E-state index contributed by atoms with van der Waals surface area (Å²) in [7, 11) is 0. The Balaban J connectivity index is 0.000001000. The van der Waals surface area contributed by atoms with E-state index in [0.29, 0.717) is 0 Å². The van der Waals surface area contributed by atoms with Crippen LogP contribution in [0.25, 0.3) is 0 Å². The maximum absolute atomic E-state index is 10.2. The van der Waals surface area contributed by atoms with Crippen LogP contribution in [0.2, 0.25) is 0 Å². The van der Waals surface area contributed by atoms with E-state index in [4.69, 9.17) is 0 Å². The molecular formula is C6H6LiNO2S. The van der Waals surface area contributed by atoms with Crippen LogP contribution in [0.4, 0.5) is 0 Å². The Kier molecular flexibility index (Phi) is 4.62. The van der Waals surface area contributed by atoms with Gasteiger partial charge in [0, 0.05) is 6.20 Å². The number of rotatable bonds is 1. The van der Waals surface area contributed by atoms with E-state index >= 15 is 0 Å². The van der Waals surface area contributed by atoms with Crippen molar-refractivity contribution < 1.29 is 27.6 Å². The van der Waals surface area contributed by atoms with Crippen LogP contribution in [-0.4, -0.2) is 13.7 Å². The molecule has 0 fully saturated rings. The van der Waals surface area contributed by atoms with Gasteiger partial charge < -0.3 is 4.55 Å². The summed E-state index contributed by atoms with van der Waals surface area (Å²) in [5.74, 6) is 0. The fraction of sp³-hybridized carbons (Fsp3) is 0.167. The largest absolute Gasteiger partial charge is 1.00 e. The van der Waals surface area contributed by atoms with Gasteiger partial charge in [0.1, 0.15) is 5.03 Å². The summed E-state index contributed by atoms with van der Waals surface area (Å²) in [6.45, 7) is 1.85. The molecule has 5 heteroatoms. The maximum atomic E-state index is 10.2. The Morgan fingerprint density at radius 2 is 2.18 bits per heavy atom. The van der Waals surface area contributed by atoms with Crippen molar-refractivity contribution in [2.45, 2.75) is 11.9 Å². The molecule has 1 rings (SSSR count). The van der Waals surface area contributed by atoms with Crippen molar-refractivity contribution in [3.8, 4) is 0 Å². The van der Waals surface area contributed by atoms with Crippen molar-refractivity contribution in [3.63, 3.8) is 0 Å². The summed E-state index contributed by atoms with van der Waals surface area (Å²) in [4.78, 5) is 3.67. The normalized spacial score (nSPS) is 11.8. The molecule has 0 aliphatic rings. The van der Waals surface area contributed by atoms with Gasteiger partial charge in [-0.3, -0.25) is 4.21 Å². The van der Waals surface area contributed by atoms with E-state index < -0.39 is 11.1 Å². The average molecular weight is 163 g/mol. The van der Waals surface area contributed by atoms with Crippen LogP contribution in [0.3, 0.4) is 0 Å². The summed E-state index contributed by atoms with van der Waals surface area (Å²) in [5.41, 5.74) is 0.953. The van der Waals surface area contributed by atoms with Gasteiger partial charge in [-0.15, -0.1) is 0 Å². The van der Waals surface area contributed by atoms with E-state index in [9.17, 15) is 8.76 Å². The zero-order chi connectivity index (χ0) is 7.56. The van der Waals surface area contributed by atoms with Crippen LogP contribution in [0.15, 0.2) is 23.4 Å². The molecule has 1 aromatic rings. The molecule has 1 aromatic heterocycles. The molecule has 0 aliphatic carbocycles. The predicted molar refractivity (Wildman–Crippen MR) is 36.2 cm³/mol. The molecule has 0 saturated heterocycles. The van der Waals surface area contributed by atoms with Crippen molar-refractivity contribution >= 4 is 11.1 Å². The van der Waals surface area contributed by atoms with E-state index in [2.05, 4.69) is 4.98 Å². The molecule has 0 spiro atoms. The SMILES string of the molecule is Cc1ccc(S(=O)[O-])nc1.[Li+]. The van der Waals surface area contributed by atoms with Gasteiger partial charge in [0.15, 0.2) is 0 Å². The zero-order valence-electron chi connectivity index (χ0n) is 6.40. The maximum Gasteiger partial charge on any atom is 1.00 e. The molecule has 3 nitrogen and oxygen atoms in total. The third kappa shape index (κ3) is 3.17. The Labute approximate surface area is 79.7 Å². The number of aromatic nitrogens is 1.